The summed E-state index contributed by atoms with van der Waals surface area (Å²) in [4.78, 5) is 0. The van der Waals surface area contributed by atoms with Gasteiger partial charge in [-0.15, -0.1) is 0 Å². The first-order valence-electron chi connectivity index (χ1n) is 4.89. The number of rotatable bonds is 4. The molecule has 2 aromatic carbocycles. The Bertz CT molecular complexity index is 508. The Kier molecular flexibility index (Phi) is 3.47. The third-order valence-corrected chi connectivity index (χ3v) is 2.61. The Balaban J connectivity index is 2.38. The normalized spacial score (nSPS) is 10.1. The maximum absolute atomic E-state index is 5.47. The van der Waals surface area contributed by atoms with Crippen molar-refractivity contribution in [2.45, 2.75) is 0 Å². The van der Waals surface area contributed by atoms with Crippen molar-refractivity contribution in [3.63, 3.8) is 0 Å². The number of hydrogen-bond acceptors (Lipinski definition) is 2. The van der Waals surface area contributed by atoms with Gasteiger partial charge in [0.2, 0.25) is 0 Å². The van der Waals surface area contributed by atoms with E-state index in [2.05, 4.69) is 22.8 Å². The third-order valence-electron chi connectivity index (χ3n) is 2.24. The Morgan fingerprint density at radius 1 is 1.06 bits per heavy atom. The van der Waals surface area contributed by atoms with Crippen molar-refractivity contribution >= 4 is 27.0 Å². The van der Waals surface area contributed by atoms with Crippen LogP contribution in [0.3, 0.4) is 0 Å². The van der Waals surface area contributed by atoms with Crippen LogP contribution >= 0.6 is 16.3 Å². The minimum Gasteiger partial charge on any atom is -0.490 e. The largest absolute Gasteiger partial charge is 0.490 e. The number of hydrogen-bond donors (Lipinski definition) is 0. The minimum absolute atomic E-state index is 0.514. The van der Waals surface area contributed by atoms with E-state index in [0.717, 1.165) is 22.3 Å². The summed E-state index contributed by atoms with van der Waals surface area (Å²) in [7, 11) is 0. The van der Waals surface area contributed by atoms with Crippen molar-refractivity contribution < 1.29 is 8.57 Å². The van der Waals surface area contributed by atoms with Gasteiger partial charge in [0, 0.05) is 0 Å². The monoisotopic (exact) mass is 278 g/mol. The second kappa shape index (κ2) is 5.03. The fourth-order valence-corrected chi connectivity index (χ4v) is 1.70. The molecular formula is C13H11BrO2. The van der Waals surface area contributed by atoms with Crippen LogP contribution in [-0.4, -0.2) is 6.61 Å². The highest BCUT2D eigenvalue weighted by molar-refractivity contribution is 9.06. The Labute approximate surface area is 103 Å². The van der Waals surface area contributed by atoms with Gasteiger partial charge in [0.1, 0.15) is 18.1 Å². The van der Waals surface area contributed by atoms with Crippen LogP contribution in [0.4, 0.5) is 0 Å². The highest BCUT2D eigenvalue weighted by Crippen LogP contribution is 2.25. The van der Waals surface area contributed by atoms with Crippen molar-refractivity contribution in [3.8, 4) is 11.5 Å². The summed E-state index contributed by atoms with van der Waals surface area (Å²) in [6, 6.07) is 11.8. The molecule has 0 radical (unpaired) electrons. The zero-order valence-corrected chi connectivity index (χ0v) is 10.2. The molecule has 0 amide bonds. The lowest BCUT2D eigenvalue weighted by Gasteiger charge is -2.05. The quantitative estimate of drug-likeness (QED) is 0.785. The molecule has 16 heavy (non-hydrogen) atoms. The van der Waals surface area contributed by atoms with Gasteiger partial charge in [-0.2, -0.15) is 0 Å². The molecule has 0 spiro atoms. The van der Waals surface area contributed by atoms with Crippen LogP contribution in [0.1, 0.15) is 0 Å². The van der Waals surface area contributed by atoms with Gasteiger partial charge in [-0.3, -0.25) is 0 Å². The molecule has 0 aliphatic carbocycles. The van der Waals surface area contributed by atoms with Crippen LogP contribution in [-0.2, 0) is 0 Å². The van der Waals surface area contributed by atoms with E-state index >= 15 is 0 Å². The number of fused-ring (bicyclic) bond motifs is 1. The molecule has 0 N–H and O–H groups in total. The molecule has 2 aromatic rings. The first-order valence-corrected chi connectivity index (χ1v) is 5.54. The average Bonchev–Trinajstić information content (AvgIpc) is 2.35. The van der Waals surface area contributed by atoms with Gasteiger partial charge in [0.25, 0.3) is 0 Å². The molecule has 0 unspecified atom stereocenters. The van der Waals surface area contributed by atoms with E-state index in [9.17, 15) is 0 Å². The fourth-order valence-electron chi connectivity index (χ4n) is 1.50. The van der Waals surface area contributed by atoms with Crippen LogP contribution in [0, 0.1) is 0 Å². The van der Waals surface area contributed by atoms with E-state index in [0.29, 0.717) is 6.61 Å². The third kappa shape index (κ3) is 2.36. The summed E-state index contributed by atoms with van der Waals surface area (Å²) in [6.45, 7) is 4.13. The molecule has 0 saturated heterocycles. The highest BCUT2D eigenvalue weighted by atomic mass is 79.9. The fraction of sp³-hybridized carbons (Fsp3) is 0.0769. The van der Waals surface area contributed by atoms with Gasteiger partial charge in [-0.05, 0) is 35.0 Å². The predicted octanol–water partition coefficient (Wildman–Crippen LogP) is 4.09. The molecule has 3 heteroatoms. The number of halogens is 1. The number of benzene rings is 2. The topological polar surface area (TPSA) is 18.5 Å². The Hall–Kier alpha value is -1.48. The van der Waals surface area contributed by atoms with E-state index in [-0.39, 0.29) is 0 Å². The molecule has 82 valence electrons. The van der Waals surface area contributed by atoms with Crippen LogP contribution in [0.25, 0.3) is 10.8 Å². The van der Waals surface area contributed by atoms with Crippen molar-refractivity contribution in [2.24, 2.45) is 0 Å². The van der Waals surface area contributed by atoms with Gasteiger partial charge in [-0.25, -0.2) is 0 Å². The summed E-state index contributed by atoms with van der Waals surface area (Å²) < 4.78 is 10.5. The zero-order valence-electron chi connectivity index (χ0n) is 8.65. The van der Waals surface area contributed by atoms with Crippen molar-refractivity contribution in [1.29, 1.82) is 0 Å². The van der Waals surface area contributed by atoms with Crippen LogP contribution in [0.5, 0.6) is 11.5 Å². The van der Waals surface area contributed by atoms with Crippen LogP contribution in [0.15, 0.2) is 49.1 Å². The molecule has 0 heterocycles. The van der Waals surface area contributed by atoms with Crippen molar-refractivity contribution in [2.75, 3.05) is 6.61 Å². The molecule has 0 aliphatic heterocycles. The molecule has 0 aromatic heterocycles. The van der Waals surface area contributed by atoms with Gasteiger partial charge in [-0.1, -0.05) is 24.8 Å². The summed E-state index contributed by atoms with van der Waals surface area (Å²) in [5.41, 5.74) is 0. The van der Waals surface area contributed by atoms with Gasteiger partial charge >= 0.3 is 0 Å². The van der Waals surface area contributed by atoms with E-state index < -0.39 is 0 Å². The van der Waals surface area contributed by atoms with Crippen LogP contribution in [0.2, 0.25) is 0 Å². The van der Waals surface area contributed by atoms with E-state index in [4.69, 9.17) is 8.57 Å². The second-order valence-corrected chi connectivity index (χ2v) is 3.67. The minimum atomic E-state index is 0.514. The molecule has 0 bridgehead atoms. The van der Waals surface area contributed by atoms with Gasteiger partial charge in [0.05, 0.1) is 0 Å². The summed E-state index contributed by atoms with van der Waals surface area (Å²) >= 11 is 2.96. The Morgan fingerprint density at radius 2 is 1.75 bits per heavy atom. The van der Waals surface area contributed by atoms with Crippen molar-refractivity contribution in [1.82, 2.24) is 0 Å². The standard InChI is InChI=1S/C13H11BrO2/c1-2-7-15-12-5-3-10-4-6-13(16-14)9-11(10)8-12/h2-6,8-9H,1,7H2. The lowest BCUT2D eigenvalue weighted by molar-refractivity contribution is 0.364. The predicted molar refractivity (Wildman–Crippen MR) is 69.2 cm³/mol. The first-order chi connectivity index (χ1) is 7.83. The van der Waals surface area contributed by atoms with Gasteiger partial charge in [0.15, 0.2) is 16.3 Å². The molecule has 0 saturated carbocycles. The maximum atomic E-state index is 5.47. The van der Waals surface area contributed by atoms with Crippen LogP contribution < -0.4 is 8.57 Å². The smallest absolute Gasteiger partial charge is 0.179 e. The zero-order chi connectivity index (χ0) is 11.4. The molecular weight excluding hydrogens is 268 g/mol. The summed E-state index contributed by atoms with van der Waals surface area (Å²) in [5.74, 6) is 1.60. The van der Waals surface area contributed by atoms with E-state index in [1.165, 1.54) is 0 Å². The molecule has 2 nitrogen and oxygen atoms in total. The maximum Gasteiger partial charge on any atom is 0.179 e. The molecule has 2 rings (SSSR count). The SMILES string of the molecule is C=CCOc1ccc2ccc(OBr)cc2c1. The van der Waals surface area contributed by atoms with E-state index in [1.54, 1.807) is 6.08 Å². The summed E-state index contributed by atoms with van der Waals surface area (Å²) in [6.07, 6.45) is 1.72. The second-order valence-electron chi connectivity index (χ2n) is 3.35. The van der Waals surface area contributed by atoms with Gasteiger partial charge < -0.3 is 8.57 Å². The lowest BCUT2D eigenvalue weighted by Crippen LogP contribution is -1.92. The van der Waals surface area contributed by atoms with Crippen molar-refractivity contribution in [3.05, 3.63) is 49.1 Å². The lowest BCUT2D eigenvalue weighted by atomic mass is 10.1. The number of ether oxygens (including phenoxy) is 1. The Morgan fingerprint density at radius 3 is 2.44 bits per heavy atom. The molecule has 0 aliphatic rings. The first kappa shape index (κ1) is 11.0. The highest BCUT2D eigenvalue weighted by Gasteiger charge is 1.99. The molecule has 0 atom stereocenters. The summed E-state index contributed by atoms with van der Waals surface area (Å²) in [5, 5.41) is 2.23. The average molecular weight is 279 g/mol. The van der Waals surface area contributed by atoms with E-state index in [1.807, 2.05) is 36.4 Å². The molecule has 0 fully saturated rings.